The van der Waals surface area contributed by atoms with Crippen LogP contribution < -0.4 is 10.1 Å². The molecule has 0 spiro atoms. The van der Waals surface area contributed by atoms with Crippen LogP contribution in [0.5, 0.6) is 5.75 Å². The molecule has 0 saturated carbocycles. The maximum Gasteiger partial charge on any atom is 0.277 e. The Bertz CT molecular complexity index is 854. The predicted molar refractivity (Wildman–Crippen MR) is 94.5 cm³/mol. The van der Waals surface area contributed by atoms with Gasteiger partial charge in [0.1, 0.15) is 5.75 Å². The fourth-order valence-electron chi connectivity index (χ4n) is 2.05. The Hall–Kier alpha value is -2.87. The van der Waals surface area contributed by atoms with Crippen LogP contribution in [-0.4, -0.2) is 33.4 Å². The highest BCUT2D eigenvalue weighted by molar-refractivity contribution is 8.00. The average molecular weight is 356 g/mol. The molecule has 0 aliphatic heterocycles. The maximum absolute atomic E-state index is 12.4. The Morgan fingerprint density at radius 3 is 2.84 bits per heavy atom. The van der Waals surface area contributed by atoms with E-state index in [1.165, 1.54) is 11.8 Å². The molecule has 3 aromatic rings. The molecule has 1 aromatic carbocycles. The van der Waals surface area contributed by atoms with Gasteiger partial charge in [0.05, 0.1) is 23.6 Å². The number of methoxy groups -OCH3 is 1. The lowest BCUT2D eigenvalue weighted by Gasteiger charge is -2.12. The quantitative estimate of drug-likeness (QED) is 0.678. The first kappa shape index (κ1) is 17.0. The zero-order valence-electron chi connectivity index (χ0n) is 13.7. The smallest absolute Gasteiger partial charge is 0.277 e. The highest BCUT2D eigenvalue weighted by Crippen LogP contribution is 2.28. The molecule has 2 heterocycles. The van der Waals surface area contributed by atoms with Gasteiger partial charge in [-0.25, -0.2) is 0 Å². The van der Waals surface area contributed by atoms with Gasteiger partial charge in [-0.3, -0.25) is 9.78 Å². The Labute approximate surface area is 148 Å². The van der Waals surface area contributed by atoms with Crippen LogP contribution in [0.2, 0.25) is 0 Å². The number of carbonyl (C=O) groups is 1. The minimum atomic E-state index is -0.424. The summed E-state index contributed by atoms with van der Waals surface area (Å²) < 4.78 is 10.8. The molecule has 0 aliphatic rings. The molecule has 2 aromatic heterocycles. The van der Waals surface area contributed by atoms with Crippen molar-refractivity contribution >= 4 is 23.4 Å². The van der Waals surface area contributed by atoms with Crippen LogP contribution in [0, 0.1) is 0 Å². The number of carbonyl (C=O) groups excluding carboxylic acids is 1. The number of nitrogens with zero attached hydrogens (tertiary/aromatic N) is 3. The van der Waals surface area contributed by atoms with E-state index in [9.17, 15) is 4.79 Å². The van der Waals surface area contributed by atoms with Gasteiger partial charge < -0.3 is 14.5 Å². The molecule has 25 heavy (non-hydrogen) atoms. The standard InChI is InChI=1S/C17H16N4O3S/c1-11(15(22)19-13-7-3-4-8-14(13)23-2)25-17-21-20-16(24-17)12-6-5-9-18-10-12/h3-11H,1-2H3,(H,19,22). The molecule has 1 atom stereocenters. The van der Waals surface area contributed by atoms with E-state index in [1.54, 1.807) is 44.6 Å². The molecule has 1 N–H and O–H groups in total. The first-order valence-electron chi connectivity index (χ1n) is 7.52. The summed E-state index contributed by atoms with van der Waals surface area (Å²) in [4.78, 5) is 16.4. The second-order valence-electron chi connectivity index (χ2n) is 5.06. The van der Waals surface area contributed by atoms with Crippen molar-refractivity contribution in [3.8, 4) is 17.2 Å². The number of aromatic nitrogens is 3. The number of para-hydroxylation sites is 2. The van der Waals surface area contributed by atoms with Gasteiger partial charge >= 0.3 is 0 Å². The van der Waals surface area contributed by atoms with E-state index in [0.717, 1.165) is 5.56 Å². The number of ether oxygens (including phenoxy) is 1. The van der Waals surface area contributed by atoms with Crippen LogP contribution >= 0.6 is 11.8 Å². The van der Waals surface area contributed by atoms with E-state index in [4.69, 9.17) is 9.15 Å². The number of pyridine rings is 1. The summed E-state index contributed by atoms with van der Waals surface area (Å²) in [7, 11) is 1.56. The number of benzene rings is 1. The third kappa shape index (κ3) is 4.16. The predicted octanol–water partition coefficient (Wildman–Crippen LogP) is 3.26. The van der Waals surface area contributed by atoms with Crippen molar-refractivity contribution < 1.29 is 13.9 Å². The third-order valence-electron chi connectivity index (χ3n) is 3.33. The topological polar surface area (TPSA) is 90.1 Å². The SMILES string of the molecule is COc1ccccc1NC(=O)C(C)Sc1nnc(-c2cccnc2)o1. The molecule has 1 amide bonds. The highest BCUT2D eigenvalue weighted by Gasteiger charge is 2.20. The summed E-state index contributed by atoms with van der Waals surface area (Å²) in [6.45, 7) is 1.77. The van der Waals surface area contributed by atoms with Crippen LogP contribution in [0.4, 0.5) is 5.69 Å². The lowest BCUT2D eigenvalue weighted by Crippen LogP contribution is -2.22. The van der Waals surface area contributed by atoms with Crippen LogP contribution in [0.25, 0.3) is 11.5 Å². The summed E-state index contributed by atoms with van der Waals surface area (Å²) >= 11 is 1.19. The first-order valence-corrected chi connectivity index (χ1v) is 8.40. The van der Waals surface area contributed by atoms with Crippen molar-refractivity contribution in [1.82, 2.24) is 15.2 Å². The van der Waals surface area contributed by atoms with Crippen LogP contribution in [0.15, 0.2) is 58.4 Å². The summed E-state index contributed by atoms with van der Waals surface area (Å²) in [5.41, 5.74) is 1.34. The minimum absolute atomic E-state index is 0.185. The van der Waals surface area contributed by atoms with E-state index in [1.807, 2.05) is 18.2 Å². The average Bonchev–Trinajstić information content (AvgIpc) is 3.11. The van der Waals surface area contributed by atoms with Gasteiger partial charge in [0.25, 0.3) is 5.22 Å². The lowest BCUT2D eigenvalue weighted by atomic mass is 10.3. The molecule has 1 unspecified atom stereocenters. The molecule has 0 aliphatic carbocycles. The summed E-state index contributed by atoms with van der Waals surface area (Å²) in [6.07, 6.45) is 3.31. The van der Waals surface area contributed by atoms with Crippen molar-refractivity contribution in [2.45, 2.75) is 17.4 Å². The van der Waals surface area contributed by atoms with E-state index >= 15 is 0 Å². The largest absolute Gasteiger partial charge is 0.495 e. The van der Waals surface area contributed by atoms with Crippen LogP contribution in [-0.2, 0) is 4.79 Å². The number of hydrogen-bond acceptors (Lipinski definition) is 7. The number of amides is 1. The van der Waals surface area contributed by atoms with Crippen molar-refractivity contribution in [1.29, 1.82) is 0 Å². The molecular formula is C17H16N4O3S. The fraction of sp³-hybridized carbons (Fsp3) is 0.176. The first-order chi connectivity index (χ1) is 12.2. The monoisotopic (exact) mass is 356 g/mol. The van der Waals surface area contributed by atoms with Crippen molar-refractivity contribution in [3.05, 3.63) is 48.8 Å². The normalized spacial score (nSPS) is 11.8. The van der Waals surface area contributed by atoms with Crippen molar-refractivity contribution in [2.24, 2.45) is 0 Å². The van der Waals surface area contributed by atoms with Gasteiger partial charge in [-0.1, -0.05) is 23.9 Å². The Morgan fingerprint density at radius 1 is 1.24 bits per heavy atom. The highest BCUT2D eigenvalue weighted by atomic mass is 32.2. The Kier molecular flexibility index (Phi) is 5.30. The Balaban J connectivity index is 1.65. The van der Waals surface area contributed by atoms with Crippen molar-refractivity contribution in [3.63, 3.8) is 0 Å². The maximum atomic E-state index is 12.4. The summed E-state index contributed by atoms with van der Waals surface area (Å²) in [6, 6.07) is 10.8. The molecule has 7 nitrogen and oxygen atoms in total. The summed E-state index contributed by atoms with van der Waals surface area (Å²) in [5, 5.41) is 10.7. The molecule has 8 heteroatoms. The number of thioether (sulfide) groups is 1. The molecule has 0 radical (unpaired) electrons. The second kappa shape index (κ2) is 7.80. The summed E-state index contributed by atoms with van der Waals surface area (Å²) in [5.74, 6) is 0.785. The van der Waals surface area contributed by atoms with E-state index in [-0.39, 0.29) is 5.91 Å². The number of hydrogen-bond donors (Lipinski definition) is 1. The van der Waals surface area contributed by atoms with Gasteiger partial charge in [0.15, 0.2) is 0 Å². The number of rotatable bonds is 6. The van der Waals surface area contributed by atoms with Gasteiger partial charge in [-0.15, -0.1) is 10.2 Å². The zero-order valence-corrected chi connectivity index (χ0v) is 14.5. The van der Waals surface area contributed by atoms with Crippen molar-refractivity contribution in [2.75, 3.05) is 12.4 Å². The van der Waals surface area contributed by atoms with Crippen LogP contribution in [0.1, 0.15) is 6.92 Å². The van der Waals surface area contributed by atoms with Gasteiger partial charge in [-0.2, -0.15) is 0 Å². The van der Waals surface area contributed by atoms with Crippen LogP contribution in [0.3, 0.4) is 0 Å². The van der Waals surface area contributed by atoms with Gasteiger partial charge in [0.2, 0.25) is 11.8 Å². The Morgan fingerprint density at radius 2 is 2.08 bits per heavy atom. The molecule has 3 rings (SSSR count). The fourth-order valence-corrected chi connectivity index (χ4v) is 2.73. The second-order valence-corrected chi connectivity index (χ2v) is 6.36. The molecule has 0 saturated heterocycles. The molecule has 0 bridgehead atoms. The van der Waals surface area contributed by atoms with Gasteiger partial charge in [-0.05, 0) is 31.2 Å². The number of nitrogens with one attached hydrogen (secondary N) is 1. The van der Waals surface area contributed by atoms with Gasteiger partial charge in [0, 0.05) is 12.4 Å². The number of anilines is 1. The van der Waals surface area contributed by atoms with E-state index in [2.05, 4.69) is 20.5 Å². The zero-order chi connectivity index (χ0) is 17.6. The minimum Gasteiger partial charge on any atom is -0.495 e. The lowest BCUT2D eigenvalue weighted by molar-refractivity contribution is -0.115. The molecule has 0 fully saturated rings. The van der Waals surface area contributed by atoms with E-state index < -0.39 is 5.25 Å². The molecular weight excluding hydrogens is 340 g/mol. The third-order valence-corrected chi connectivity index (χ3v) is 4.26. The molecule has 128 valence electrons. The van der Waals surface area contributed by atoms with E-state index in [0.29, 0.717) is 22.6 Å².